The first-order valence-electron chi connectivity index (χ1n) is 5.90. The summed E-state index contributed by atoms with van der Waals surface area (Å²) in [6.45, 7) is 4.12. The standard InChI is InChI=1S/C14H18O2/c1-3-10(2)14(13(15)16)8-11-6-4-5-7-12(11)9-14/h4-7,10H,3,8-9H2,1-2H3,(H,15,16). The molecule has 86 valence electrons. The van der Waals surface area contributed by atoms with Gasteiger partial charge in [0.15, 0.2) is 0 Å². The minimum Gasteiger partial charge on any atom is -0.481 e. The molecule has 1 atom stereocenters. The quantitative estimate of drug-likeness (QED) is 0.847. The fourth-order valence-electron chi connectivity index (χ4n) is 2.75. The average molecular weight is 218 g/mol. The molecule has 0 saturated carbocycles. The van der Waals surface area contributed by atoms with Crippen molar-refractivity contribution in [2.45, 2.75) is 33.1 Å². The summed E-state index contributed by atoms with van der Waals surface area (Å²) in [6, 6.07) is 8.10. The molecule has 1 N–H and O–H groups in total. The van der Waals surface area contributed by atoms with E-state index in [2.05, 4.69) is 26.0 Å². The predicted octanol–water partition coefficient (Wildman–Crippen LogP) is 2.90. The smallest absolute Gasteiger partial charge is 0.310 e. The third-order valence-electron chi connectivity index (χ3n) is 4.11. The van der Waals surface area contributed by atoms with Crippen molar-refractivity contribution in [1.82, 2.24) is 0 Å². The van der Waals surface area contributed by atoms with E-state index in [4.69, 9.17) is 0 Å². The van der Waals surface area contributed by atoms with Gasteiger partial charge in [-0.2, -0.15) is 0 Å². The van der Waals surface area contributed by atoms with Crippen molar-refractivity contribution < 1.29 is 9.90 Å². The number of carbonyl (C=O) groups is 1. The lowest BCUT2D eigenvalue weighted by molar-refractivity contribution is -0.151. The molecule has 1 aliphatic carbocycles. The van der Waals surface area contributed by atoms with Crippen LogP contribution in [0.25, 0.3) is 0 Å². The highest BCUT2D eigenvalue weighted by atomic mass is 16.4. The Hall–Kier alpha value is -1.31. The van der Waals surface area contributed by atoms with E-state index in [0.717, 1.165) is 6.42 Å². The molecular weight excluding hydrogens is 200 g/mol. The molecule has 1 aromatic rings. The SMILES string of the molecule is CCC(C)C1(C(=O)O)Cc2ccccc2C1. The summed E-state index contributed by atoms with van der Waals surface area (Å²) in [5.41, 5.74) is 1.86. The number of benzene rings is 1. The monoisotopic (exact) mass is 218 g/mol. The largest absolute Gasteiger partial charge is 0.481 e. The second-order valence-electron chi connectivity index (χ2n) is 4.89. The molecule has 0 aliphatic heterocycles. The topological polar surface area (TPSA) is 37.3 Å². The van der Waals surface area contributed by atoms with Gasteiger partial charge >= 0.3 is 5.97 Å². The zero-order valence-corrected chi connectivity index (χ0v) is 9.86. The maximum absolute atomic E-state index is 11.6. The van der Waals surface area contributed by atoms with Crippen molar-refractivity contribution in [2.75, 3.05) is 0 Å². The lowest BCUT2D eigenvalue weighted by Crippen LogP contribution is -2.38. The first-order valence-corrected chi connectivity index (χ1v) is 5.90. The van der Waals surface area contributed by atoms with Gasteiger partial charge in [-0.05, 0) is 29.9 Å². The lowest BCUT2D eigenvalue weighted by atomic mass is 9.72. The molecule has 0 aromatic heterocycles. The van der Waals surface area contributed by atoms with E-state index in [1.54, 1.807) is 0 Å². The molecule has 0 saturated heterocycles. The van der Waals surface area contributed by atoms with Crippen LogP contribution in [0.15, 0.2) is 24.3 Å². The molecule has 2 rings (SSSR count). The molecule has 0 spiro atoms. The molecule has 0 heterocycles. The first-order chi connectivity index (χ1) is 7.60. The molecule has 0 radical (unpaired) electrons. The van der Waals surface area contributed by atoms with E-state index in [0.29, 0.717) is 12.8 Å². The van der Waals surface area contributed by atoms with Crippen LogP contribution in [0.1, 0.15) is 31.4 Å². The molecule has 1 aliphatic rings. The molecule has 2 nitrogen and oxygen atoms in total. The predicted molar refractivity (Wildman–Crippen MR) is 63.4 cm³/mol. The molecule has 1 aromatic carbocycles. The number of hydrogen-bond acceptors (Lipinski definition) is 1. The fraction of sp³-hybridized carbons (Fsp3) is 0.500. The summed E-state index contributed by atoms with van der Waals surface area (Å²) < 4.78 is 0. The summed E-state index contributed by atoms with van der Waals surface area (Å²) in [5.74, 6) is -0.421. The number of fused-ring (bicyclic) bond motifs is 1. The van der Waals surface area contributed by atoms with E-state index in [1.807, 2.05) is 12.1 Å². The molecule has 0 amide bonds. The van der Waals surface area contributed by atoms with Crippen molar-refractivity contribution in [2.24, 2.45) is 11.3 Å². The Morgan fingerprint density at radius 1 is 1.38 bits per heavy atom. The van der Waals surface area contributed by atoms with Crippen LogP contribution in [0.4, 0.5) is 0 Å². The van der Waals surface area contributed by atoms with E-state index < -0.39 is 11.4 Å². The Kier molecular flexibility index (Phi) is 2.75. The van der Waals surface area contributed by atoms with E-state index in [9.17, 15) is 9.90 Å². The van der Waals surface area contributed by atoms with E-state index in [-0.39, 0.29) is 5.92 Å². The van der Waals surface area contributed by atoms with Gasteiger partial charge in [0.05, 0.1) is 5.41 Å². The Morgan fingerprint density at radius 3 is 2.25 bits per heavy atom. The Balaban J connectivity index is 2.38. The van der Waals surface area contributed by atoms with Gasteiger partial charge in [-0.1, -0.05) is 44.5 Å². The molecule has 16 heavy (non-hydrogen) atoms. The minimum absolute atomic E-state index is 0.220. The van der Waals surface area contributed by atoms with Crippen LogP contribution < -0.4 is 0 Å². The van der Waals surface area contributed by atoms with Gasteiger partial charge in [-0.3, -0.25) is 4.79 Å². The van der Waals surface area contributed by atoms with Gasteiger partial charge in [-0.15, -0.1) is 0 Å². The van der Waals surface area contributed by atoms with Crippen LogP contribution in [0.2, 0.25) is 0 Å². The third kappa shape index (κ3) is 1.53. The van der Waals surface area contributed by atoms with Crippen LogP contribution in [-0.4, -0.2) is 11.1 Å². The maximum atomic E-state index is 11.6. The highest BCUT2D eigenvalue weighted by Crippen LogP contribution is 2.44. The van der Waals surface area contributed by atoms with Crippen LogP contribution in [0.5, 0.6) is 0 Å². The summed E-state index contributed by atoms with van der Waals surface area (Å²) in [7, 11) is 0. The second-order valence-corrected chi connectivity index (χ2v) is 4.89. The normalized spacial score (nSPS) is 19.1. The zero-order valence-electron chi connectivity index (χ0n) is 9.86. The van der Waals surface area contributed by atoms with E-state index in [1.165, 1.54) is 11.1 Å². The van der Waals surface area contributed by atoms with Crippen molar-refractivity contribution in [3.05, 3.63) is 35.4 Å². The summed E-state index contributed by atoms with van der Waals surface area (Å²) in [6.07, 6.45) is 2.29. The highest BCUT2D eigenvalue weighted by molar-refractivity contribution is 5.77. The van der Waals surface area contributed by atoms with Crippen LogP contribution >= 0.6 is 0 Å². The molecule has 0 bridgehead atoms. The number of aliphatic carboxylic acids is 1. The summed E-state index contributed by atoms with van der Waals surface area (Å²) in [5, 5.41) is 9.54. The van der Waals surface area contributed by atoms with Gasteiger partial charge in [0.25, 0.3) is 0 Å². The van der Waals surface area contributed by atoms with Crippen LogP contribution in [0, 0.1) is 11.3 Å². The van der Waals surface area contributed by atoms with Crippen molar-refractivity contribution in [1.29, 1.82) is 0 Å². The number of carboxylic acid groups (broad SMARTS) is 1. The minimum atomic E-state index is -0.641. The first kappa shape index (κ1) is 11.2. The van der Waals surface area contributed by atoms with Crippen LogP contribution in [0.3, 0.4) is 0 Å². The summed E-state index contributed by atoms with van der Waals surface area (Å²) >= 11 is 0. The zero-order chi connectivity index (χ0) is 11.8. The Morgan fingerprint density at radius 2 is 1.88 bits per heavy atom. The van der Waals surface area contributed by atoms with Gasteiger partial charge in [-0.25, -0.2) is 0 Å². The molecule has 1 unspecified atom stereocenters. The molecule has 0 fully saturated rings. The van der Waals surface area contributed by atoms with Crippen molar-refractivity contribution in [3.63, 3.8) is 0 Å². The number of rotatable bonds is 3. The maximum Gasteiger partial charge on any atom is 0.310 e. The summed E-state index contributed by atoms with van der Waals surface area (Å²) in [4.78, 5) is 11.6. The Labute approximate surface area is 96.3 Å². The lowest BCUT2D eigenvalue weighted by Gasteiger charge is -2.30. The molecule has 2 heteroatoms. The molecular formula is C14H18O2. The number of carboxylic acids is 1. The second kappa shape index (κ2) is 3.93. The van der Waals surface area contributed by atoms with Crippen LogP contribution in [-0.2, 0) is 17.6 Å². The van der Waals surface area contributed by atoms with Gasteiger partial charge in [0.1, 0.15) is 0 Å². The average Bonchev–Trinajstić information content (AvgIpc) is 2.68. The van der Waals surface area contributed by atoms with Gasteiger partial charge in [0, 0.05) is 0 Å². The van der Waals surface area contributed by atoms with Gasteiger partial charge in [0.2, 0.25) is 0 Å². The Bertz CT molecular complexity index is 384. The number of hydrogen-bond donors (Lipinski definition) is 1. The van der Waals surface area contributed by atoms with E-state index >= 15 is 0 Å². The van der Waals surface area contributed by atoms with Gasteiger partial charge < -0.3 is 5.11 Å². The highest BCUT2D eigenvalue weighted by Gasteiger charge is 2.47. The van der Waals surface area contributed by atoms with Crippen molar-refractivity contribution >= 4 is 5.97 Å². The van der Waals surface area contributed by atoms with Crippen molar-refractivity contribution in [3.8, 4) is 0 Å². The fourth-order valence-corrected chi connectivity index (χ4v) is 2.75. The third-order valence-corrected chi connectivity index (χ3v) is 4.11.